The largest absolute Gasteiger partial charge is 0.378 e. The molecule has 4 nitrogen and oxygen atoms in total. The molecule has 0 radical (unpaired) electrons. The zero-order chi connectivity index (χ0) is 22.5. The predicted octanol–water partition coefficient (Wildman–Crippen LogP) is 6.76. The molecule has 0 saturated carbocycles. The minimum Gasteiger partial charge on any atom is -0.378 e. The average molecular weight is 489 g/mol. The lowest BCUT2D eigenvalue weighted by atomic mass is 9.77. The number of anilines is 2. The third-order valence-corrected chi connectivity index (χ3v) is 8.17. The minimum absolute atomic E-state index is 0.0104. The summed E-state index contributed by atoms with van der Waals surface area (Å²) in [6.45, 7) is 0. The number of allylic oxidation sites excluding steroid dienone is 2. The van der Waals surface area contributed by atoms with E-state index in [9.17, 15) is 12.8 Å². The summed E-state index contributed by atoms with van der Waals surface area (Å²) in [6, 6.07) is 16.3. The van der Waals surface area contributed by atoms with E-state index in [1.165, 1.54) is 24.3 Å². The maximum Gasteiger partial charge on any atom is 0.261 e. The highest BCUT2D eigenvalue weighted by Crippen LogP contribution is 2.50. The molecular weight excluding hydrogens is 470 g/mol. The van der Waals surface area contributed by atoms with Crippen molar-refractivity contribution in [1.29, 1.82) is 0 Å². The van der Waals surface area contributed by atoms with E-state index in [4.69, 9.17) is 23.2 Å². The van der Waals surface area contributed by atoms with Crippen LogP contribution in [0.5, 0.6) is 0 Å². The van der Waals surface area contributed by atoms with Crippen molar-refractivity contribution in [3.8, 4) is 0 Å². The van der Waals surface area contributed by atoms with Gasteiger partial charge in [0.25, 0.3) is 10.0 Å². The summed E-state index contributed by atoms with van der Waals surface area (Å²) < 4.78 is 42.2. The fraction of sp³-hybridized carbons (Fsp3) is 0.167. The lowest BCUT2D eigenvalue weighted by molar-refractivity contribution is 0.425. The van der Waals surface area contributed by atoms with E-state index in [0.717, 1.165) is 23.2 Å². The number of nitrogens with one attached hydrogen (secondary N) is 2. The van der Waals surface area contributed by atoms with Gasteiger partial charge in [-0.25, -0.2) is 12.8 Å². The monoisotopic (exact) mass is 488 g/mol. The van der Waals surface area contributed by atoms with E-state index < -0.39 is 15.8 Å². The number of rotatable bonds is 4. The molecule has 5 rings (SSSR count). The van der Waals surface area contributed by atoms with Crippen LogP contribution in [0.15, 0.2) is 77.7 Å². The zero-order valence-corrected chi connectivity index (χ0v) is 19.1. The van der Waals surface area contributed by atoms with Crippen LogP contribution in [0.1, 0.15) is 29.5 Å². The normalized spacial score (nSPS) is 21.5. The molecule has 2 N–H and O–H groups in total. The van der Waals surface area contributed by atoms with Crippen LogP contribution in [0.4, 0.5) is 15.8 Å². The first-order valence-corrected chi connectivity index (χ1v) is 12.4. The second-order valence-corrected chi connectivity index (χ2v) is 10.5. The zero-order valence-electron chi connectivity index (χ0n) is 16.7. The predicted molar refractivity (Wildman–Crippen MR) is 126 cm³/mol. The van der Waals surface area contributed by atoms with Gasteiger partial charge < -0.3 is 5.32 Å². The Labute approximate surface area is 196 Å². The summed E-state index contributed by atoms with van der Waals surface area (Å²) in [5, 5.41) is 4.56. The van der Waals surface area contributed by atoms with Gasteiger partial charge in [-0.05, 0) is 65.9 Å². The van der Waals surface area contributed by atoms with Gasteiger partial charge in [0.2, 0.25) is 0 Å². The van der Waals surface area contributed by atoms with Crippen molar-refractivity contribution < 1.29 is 12.8 Å². The van der Waals surface area contributed by atoms with Crippen molar-refractivity contribution in [3.63, 3.8) is 0 Å². The van der Waals surface area contributed by atoms with E-state index in [1.54, 1.807) is 24.3 Å². The Morgan fingerprint density at radius 1 is 1.00 bits per heavy atom. The van der Waals surface area contributed by atoms with E-state index >= 15 is 0 Å². The summed E-state index contributed by atoms with van der Waals surface area (Å²) >= 11 is 12.3. The molecule has 0 spiro atoms. The van der Waals surface area contributed by atoms with Crippen molar-refractivity contribution in [3.05, 3.63) is 99.8 Å². The van der Waals surface area contributed by atoms with Crippen LogP contribution in [-0.4, -0.2) is 8.42 Å². The van der Waals surface area contributed by atoms with Crippen LogP contribution in [0.2, 0.25) is 10.0 Å². The fourth-order valence-electron chi connectivity index (χ4n) is 4.52. The van der Waals surface area contributed by atoms with E-state index in [0.29, 0.717) is 10.0 Å². The molecule has 1 aliphatic carbocycles. The molecule has 0 aromatic heterocycles. The molecule has 8 heteroatoms. The van der Waals surface area contributed by atoms with Gasteiger partial charge in [-0.15, -0.1) is 0 Å². The number of sulfonamides is 1. The number of benzene rings is 3. The van der Waals surface area contributed by atoms with Crippen LogP contribution >= 0.6 is 23.2 Å². The van der Waals surface area contributed by atoms with Crippen molar-refractivity contribution in [2.75, 3.05) is 10.0 Å². The Kier molecular flexibility index (Phi) is 5.40. The van der Waals surface area contributed by atoms with Gasteiger partial charge in [-0.3, -0.25) is 4.72 Å². The summed E-state index contributed by atoms with van der Waals surface area (Å²) in [5.74, 6) is -0.370. The molecule has 32 heavy (non-hydrogen) atoms. The highest BCUT2D eigenvalue weighted by molar-refractivity contribution is 7.92. The molecule has 0 unspecified atom stereocenters. The highest BCUT2D eigenvalue weighted by Gasteiger charge is 2.38. The van der Waals surface area contributed by atoms with Crippen LogP contribution < -0.4 is 10.0 Å². The molecule has 0 amide bonds. The molecule has 1 aliphatic heterocycles. The van der Waals surface area contributed by atoms with Gasteiger partial charge in [0, 0.05) is 11.6 Å². The van der Waals surface area contributed by atoms with Crippen molar-refractivity contribution >= 4 is 44.6 Å². The maximum absolute atomic E-state index is 14.0. The highest BCUT2D eigenvalue weighted by atomic mass is 35.5. The first kappa shape index (κ1) is 21.3. The Morgan fingerprint density at radius 3 is 2.59 bits per heavy atom. The molecule has 2 aliphatic rings. The topological polar surface area (TPSA) is 58.2 Å². The van der Waals surface area contributed by atoms with E-state index in [-0.39, 0.29) is 28.5 Å². The number of hydrogen-bond acceptors (Lipinski definition) is 3. The average Bonchev–Trinajstić information content (AvgIpc) is 3.26. The van der Waals surface area contributed by atoms with Crippen molar-refractivity contribution in [2.24, 2.45) is 5.92 Å². The van der Waals surface area contributed by atoms with Gasteiger partial charge in [0.15, 0.2) is 0 Å². The first-order chi connectivity index (χ1) is 15.3. The van der Waals surface area contributed by atoms with Gasteiger partial charge in [0.05, 0.1) is 26.7 Å². The van der Waals surface area contributed by atoms with Gasteiger partial charge >= 0.3 is 0 Å². The second-order valence-electron chi connectivity index (χ2n) is 7.98. The van der Waals surface area contributed by atoms with Crippen LogP contribution in [0, 0.1) is 11.7 Å². The van der Waals surface area contributed by atoms with E-state index in [1.807, 2.05) is 12.1 Å². The third-order valence-electron chi connectivity index (χ3n) is 6.07. The van der Waals surface area contributed by atoms with Gasteiger partial charge in [-0.2, -0.15) is 0 Å². The van der Waals surface area contributed by atoms with Gasteiger partial charge in [-0.1, -0.05) is 53.6 Å². The SMILES string of the molecule is O=S(=O)(Nc1ccccc1F)c1ccc2c(c1)[C@H]1C=CC[C@H]1[C@@H](c1ccc(Cl)c(Cl)c1)N2. The number of halogens is 3. The number of hydrogen-bond donors (Lipinski definition) is 2. The summed E-state index contributed by atoms with van der Waals surface area (Å²) in [7, 11) is -3.95. The quantitative estimate of drug-likeness (QED) is 0.398. The Balaban J connectivity index is 1.50. The number of para-hydroxylation sites is 1. The molecule has 0 saturated heterocycles. The summed E-state index contributed by atoms with van der Waals surface area (Å²) in [6.07, 6.45) is 5.09. The maximum atomic E-state index is 14.0. The molecule has 0 bridgehead atoms. The third kappa shape index (κ3) is 3.76. The van der Waals surface area contributed by atoms with Crippen molar-refractivity contribution in [2.45, 2.75) is 23.3 Å². The summed E-state index contributed by atoms with van der Waals surface area (Å²) in [4.78, 5) is 0.0911. The molecule has 164 valence electrons. The van der Waals surface area contributed by atoms with Crippen LogP contribution in [0.3, 0.4) is 0 Å². The Morgan fingerprint density at radius 2 is 1.81 bits per heavy atom. The van der Waals surface area contributed by atoms with Crippen LogP contribution in [-0.2, 0) is 10.0 Å². The Bertz CT molecular complexity index is 1340. The van der Waals surface area contributed by atoms with Crippen LogP contribution in [0.25, 0.3) is 0 Å². The standard InChI is InChI=1S/C24H19Cl2FN2O2S/c25-19-10-8-14(12-20(19)26)24-17-5-3-4-16(17)18-13-15(9-11-22(18)28-24)32(30,31)29-23-7-2-1-6-21(23)27/h1-4,6-13,16-17,24,28-29H,5H2/t16-,17+,24+/m0/s1. The molecule has 3 atom stereocenters. The van der Waals surface area contributed by atoms with E-state index in [2.05, 4.69) is 22.2 Å². The Hall–Kier alpha value is -2.54. The minimum atomic E-state index is -3.95. The summed E-state index contributed by atoms with van der Waals surface area (Å²) in [5.41, 5.74) is 2.71. The lowest BCUT2D eigenvalue weighted by Gasteiger charge is -2.37. The fourth-order valence-corrected chi connectivity index (χ4v) is 5.93. The first-order valence-electron chi connectivity index (χ1n) is 10.1. The molecule has 1 heterocycles. The molecule has 3 aromatic rings. The molecular formula is C24H19Cl2FN2O2S. The molecule has 3 aromatic carbocycles. The second kappa shape index (κ2) is 8.10. The van der Waals surface area contributed by atoms with Crippen molar-refractivity contribution in [1.82, 2.24) is 0 Å². The molecule has 0 fully saturated rings. The smallest absolute Gasteiger partial charge is 0.261 e. The van der Waals surface area contributed by atoms with Gasteiger partial charge in [0.1, 0.15) is 5.82 Å². The lowest BCUT2D eigenvalue weighted by Crippen LogP contribution is -2.29. The number of fused-ring (bicyclic) bond motifs is 3.